The molecule has 3 N–H and O–H groups in total. The molecule has 0 saturated carbocycles. The molecule has 4 heteroatoms. The molecular weight excluding hydrogens is 296 g/mol. The van der Waals surface area contributed by atoms with Crippen LogP contribution in [0.4, 0.5) is 5.69 Å². The summed E-state index contributed by atoms with van der Waals surface area (Å²) in [6.07, 6.45) is 0. The van der Waals surface area contributed by atoms with Crippen LogP contribution in [0.1, 0.15) is 26.3 Å². The second kappa shape index (κ2) is 6.36. The van der Waals surface area contributed by atoms with Crippen LogP contribution in [-0.4, -0.2) is 11.5 Å². The fourth-order valence-electron chi connectivity index (χ4n) is 1.43. The van der Waals surface area contributed by atoms with Crippen LogP contribution < -0.4 is 11.1 Å². The maximum atomic E-state index is 5.74. The summed E-state index contributed by atoms with van der Waals surface area (Å²) in [4.78, 5) is 0.414. The van der Waals surface area contributed by atoms with Gasteiger partial charge >= 0.3 is 0 Å². The van der Waals surface area contributed by atoms with Gasteiger partial charge in [0.15, 0.2) is 0 Å². The van der Waals surface area contributed by atoms with E-state index in [4.69, 9.17) is 18.0 Å². The third-order valence-electron chi connectivity index (χ3n) is 3.01. The second-order valence-electron chi connectivity index (χ2n) is 4.63. The van der Waals surface area contributed by atoms with Gasteiger partial charge in [-0.3, -0.25) is 0 Å². The van der Waals surface area contributed by atoms with E-state index in [0.29, 0.717) is 16.8 Å². The molecule has 94 valence electrons. The van der Waals surface area contributed by atoms with Crippen molar-refractivity contribution in [1.29, 1.82) is 0 Å². The second-order valence-corrected chi connectivity index (χ2v) is 5.92. The van der Waals surface area contributed by atoms with E-state index in [1.807, 2.05) is 18.2 Å². The molecule has 2 nitrogen and oxygen atoms in total. The average molecular weight is 315 g/mol. The maximum Gasteiger partial charge on any atom is 0.107 e. The Hall–Kier alpha value is -0.610. The van der Waals surface area contributed by atoms with Gasteiger partial charge in [0.2, 0.25) is 0 Å². The predicted octanol–water partition coefficient (Wildman–Crippen LogP) is 3.79. The molecule has 1 aromatic carbocycles. The third kappa shape index (κ3) is 3.96. The van der Waals surface area contributed by atoms with Crippen LogP contribution in [0.2, 0.25) is 0 Å². The van der Waals surface area contributed by atoms with Crippen LogP contribution in [0.25, 0.3) is 0 Å². The minimum Gasteiger partial charge on any atom is -0.389 e. The molecule has 0 aliphatic rings. The zero-order valence-electron chi connectivity index (χ0n) is 10.5. The number of benzene rings is 1. The Morgan fingerprint density at radius 3 is 2.59 bits per heavy atom. The Morgan fingerprint density at radius 1 is 1.41 bits per heavy atom. The summed E-state index contributed by atoms with van der Waals surface area (Å²) in [7, 11) is 0. The number of nitrogens with one attached hydrogen (secondary N) is 1. The summed E-state index contributed by atoms with van der Waals surface area (Å²) in [5, 5.41) is 3.42. The molecule has 1 aromatic rings. The van der Waals surface area contributed by atoms with Crippen LogP contribution >= 0.6 is 28.1 Å². The third-order valence-corrected chi connectivity index (χ3v) is 3.88. The SMILES string of the molecule is CC(C)C(C)CNc1cccc(Br)c1C(N)=S. The highest BCUT2D eigenvalue weighted by Crippen LogP contribution is 2.25. The van der Waals surface area contributed by atoms with Gasteiger partial charge in [0.05, 0.1) is 0 Å². The van der Waals surface area contributed by atoms with Crippen molar-refractivity contribution in [3.8, 4) is 0 Å². The van der Waals surface area contributed by atoms with Gasteiger partial charge in [-0.15, -0.1) is 0 Å². The van der Waals surface area contributed by atoms with E-state index in [1.54, 1.807) is 0 Å². The van der Waals surface area contributed by atoms with Crippen LogP contribution in [0.3, 0.4) is 0 Å². The molecule has 0 saturated heterocycles. The molecule has 0 aliphatic carbocycles. The first-order chi connectivity index (χ1) is 7.93. The quantitative estimate of drug-likeness (QED) is 0.812. The number of halogens is 1. The number of hydrogen-bond acceptors (Lipinski definition) is 2. The van der Waals surface area contributed by atoms with Crippen molar-refractivity contribution < 1.29 is 0 Å². The highest BCUT2D eigenvalue weighted by Gasteiger charge is 2.11. The lowest BCUT2D eigenvalue weighted by atomic mass is 9.98. The van der Waals surface area contributed by atoms with Crippen molar-refractivity contribution in [1.82, 2.24) is 0 Å². The Kier molecular flexibility index (Phi) is 5.40. The van der Waals surface area contributed by atoms with Crippen molar-refractivity contribution in [3.63, 3.8) is 0 Å². The van der Waals surface area contributed by atoms with Crippen LogP contribution in [0, 0.1) is 11.8 Å². The summed E-state index contributed by atoms with van der Waals surface area (Å²) < 4.78 is 0.937. The highest BCUT2D eigenvalue weighted by atomic mass is 79.9. The van der Waals surface area contributed by atoms with Crippen LogP contribution in [0.5, 0.6) is 0 Å². The van der Waals surface area contributed by atoms with Crippen LogP contribution in [-0.2, 0) is 0 Å². The lowest BCUT2D eigenvalue weighted by molar-refractivity contribution is 0.440. The average Bonchev–Trinajstić information content (AvgIpc) is 2.24. The molecule has 0 aliphatic heterocycles. The Labute approximate surface area is 117 Å². The van der Waals surface area contributed by atoms with Crippen molar-refractivity contribution in [2.75, 3.05) is 11.9 Å². The number of hydrogen-bond donors (Lipinski definition) is 2. The number of thiocarbonyl (C=S) groups is 1. The fourth-order valence-corrected chi connectivity index (χ4v) is 2.36. The first-order valence-electron chi connectivity index (χ1n) is 5.75. The number of rotatable bonds is 5. The van der Waals surface area contributed by atoms with E-state index < -0.39 is 0 Å². The molecule has 17 heavy (non-hydrogen) atoms. The zero-order chi connectivity index (χ0) is 13.0. The van der Waals surface area contributed by atoms with Gasteiger partial charge in [-0.05, 0) is 39.9 Å². The highest BCUT2D eigenvalue weighted by molar-refractivity contribution is 9.10. The predicted molar refractivity (Wildman–Crippen MR) is 82.5 cm³/mol. The minimum atomic E-state index is 0.414. The lowest BCUT2D eigenvalue weighted by Gasteiger charge is -2.19. The fraction of sp³-hybridized carbons (Fsp3) is 0.462. The normalized spacial score (nSPS) is 12.5. The molecule has 0 heterocycles. The largest absolute Gasteiger partial charge is 0.389 e. The number of nitrogens with two attached hydrogens (primary N) is 1. The van der Waals surface area contributed by atoms with Gasteiger partial charge in [-0.2, -0.15) is 0 Å². The van der Waals surface area contributed by atoms with Gasteiger partial charge in [0.1, 0.15) is 4.99 Å². The van der Waals surface area contributed by atoms with E-state index in [9.17, 15) is 0 Å². The Bertz CT molecular complexity index is 404. The standard InChI is InChI=1S/C13H19BrN2S/c1-8(2)9(3)7-16-11-6-4-5-10(14)12(11)13(15)17/h4-6,8-9,16H,7H2,1-3H3,(H2,15,17). The first kappa shape index (κ1) is 14.5. The minimum absolute atomic E-state index is 0.414. The zero-order valence-corrected chi connectivity index (χ0v) is 12.9. The molecule has 0 spiro atoms. The molecule has 0 fully saturated rings. The molecule has 0 aromatic heterocycles. The van der Waals surface area contributed by atoms with E-state index >= 15 is 0 Å². The maximum absolute atomic E-state index is 5.74. The summed E-state index contributed by atoms with van der Waals surface area (Å²) in [5.74, 6) is 1.26. The molecule has 0 amide bonds. The Morgan fingerprint density at radius 2 is 2.06 bits per heavy atom. The topological polar surface area (TPSA) is 38.0 Å². The van der Waals surface area contributed by atoms with Crippen molar-refractivity contribution >= 4 is 38.8 Å². The molecular formula is C13H19BrN2S. The van der Waals surface area contributed by atoms with Crippen LogP contribution in [0.15, 0.2) is 22.7 Å². The molecule has 1 unspecified atom stereocenters. The monoisotopic (exact) mass is 314 g/mol. The Balaban J connectivity index is 2.84. The molecule has 1 rings (SSSR count). The van der Waals surface area contributed by atoms with Gasteiger partial charge in [-0.25, -0.2) is 0 Å². The van der Waals surface area contributed by atoms with E-state index in [-0.39, 0.29) is 0 Å². The van der Waals surface area contributed by atoms with Crippen molar-refractivity contribution in [2.24, 2.45) is 17.6 Å². The van der Waals surface area contributed by atoms with Crippen molar-refractivity contribution in [3.05, 3.63) is 28.2 Å². The van der Waals surface area contributed by atoms with Gasteiger partial charge in [0.25, 0.3) is 0 Å². The van der Waals surface area contributed by atoms with Gasteiger partial charge in [-0.1, -0.05) is 39.1 Å². The molecule has 0 radical (unpaired) electrons. The number of anilines is 1. The van der Waals surface area contributed by atoms with Gasteiger partial charge < -0.3 is 11.1 Å². The van der Waals surface area contributed by atoms with E-state index in [2.05, 4.69) is 42.0 Å². The smallest absolute Gasteiger partial charge is 0.107 e. The van der Waals surface area contributed by atoms with E-state index in [0.717, 1.165) is 22.3 Å². The van der Waals surface area contributed by atoms with Gasteiger partial charge in [0, 0.05) is 22.3 Å². The molecule has 0 bridgehead atoms. The summed E-state index contributed by atoms with van der Waals surface area (Å²) in [6, 6.07) is 5.94. The summed E-state index contributed by atoms with van der Waals surface area (Å²) >= 11 is 8.55. The lowest BCUT2D eigenvalue weighted by Crippen LogP contribution is -2.19. The van der Waals surface area contributed by atoms with Crippen molar-refractivity contribution in [2.45, 2.75) is 20.8 Å². The summed E-state index contributed by atoms with van der Waals surface area (Å²) in [5.41, 5.74) is 7.63. The summed E-state index contributed by atoms with van der Waals surface area (Å²) in [6.45, 7) is 7.60. The molecule has 1 atom stereocenters. The van der Waals surface area contributed by atoms with E-state index in [1.165, 1.54) is 0 Å². The first-order valence-corrected chi connectivity index (χ1v) is 6.95.